The first-order chi connectivity index (χ1) is 12.8. The molecule has 27 heavy (non-hydrogen) atoms. The fourth-order valence-corrected chi connectivity index (χ4v) is 2.45. The summed E-state index contributed by atoms with van der Waals surface area (Å²) < 4.78 is 39.4. The van der Waals surface area contributed by atoms with E-state index in [-0.39, 0.29) is 12.2 Å². The van der Waals surface area contributed by atoms with Crippen LogP contribution in [0.3, 0.4) is 0 Å². The first-order valence-corrected chi connectivity index (χ1v) is 7.92. The Balaban J connectivity index is 1.78. The molecule has 0 unspecified atom stereocenters. The van der Waals surface area contributed by atoms with Gasteiger partial charge in [0.1, 0.15) is 6.54 Å². The Morgan fingerprint density at radius 2 is 1.81 bits per heavy atom. The average Bonchev–Trinajstić information content (AvgIpc) is 2.64. The van der Waals surface area contributed by atoms with Crippen LogP contribution in [0, 0.1) is 0 Å². The van der Waals surface area contributed by atoms with Gasteiger partial charge in [0.15, 0.2) is 0 Å². The zero-order chi connectivity index (χ0) is 19.4. The minimum Gasteiger partial charge on any atom is -0.325 e. The van der Waals surface area contributed by atoms with Crippen LogP contribution < -0.4 is 10.9 Å². The van der Waals surface area contributed by atoms with Crippen LogP contribution in [0.2, 0.25) is 0 Å². The Morgan fingerprint density at radius 3 is 2.52 bits per heavy atom. The van der Waals surface area contributed by atoms with Crippen LogP contribution in [0.15, 0.2) is 71.8 Å². The van der Waals surface area contributed by atoms with E-state index in [0.717, 1.165) is 28.5 Å². The summed E-state index contributed by atoms with van der Waals surface area (Å²) in [4.78, 5) is 28.2. The monoisotopic (exact) mass is 373 g/mol. The molecule has 1 aromatic heterocycles. The molecule has 0 bridgehead atoms. The maximum Gasteiger partial charge on any atom is 0.416 e. The van der Waals surface area contributed by atoms with Gasteiger partial charge >= 0.3 is 6.18 Å². The number of benzene rings is 2. The van der Waals surface area contributed by atoms with E-state index in [2.05, 4.69) is 10.3 Å². The molecule has 138 valence electrons. The van der Waals surface area contributed by atoms with E-state index in [1.807, 2.05) is 18.2 Å². The van der Waals surface area contributed by atoms with Crippen LogP contribution in [0.1, 0.15) is 5.56 Å². The van der Waals surface area contributed by atoms with Gasteiger partial charge in [-0.05, 0) is 18.2 Å². The van der Waals surface area contributed by atoms with Crippen LogP contribution in [0.5, 0.6) is 0 Å². The summed E-state index contributed by atoms with van der Waals surface area (Å²) in [6.45, 7) is -0.350. The summed E-state index contributed by atoms with van der Waals surface area (Å²) in [7, 11) is 0. The van der Waals surface area contributed by atoms with E-state index in [0.29, 0.717) is 5.69 Å². The third kappa shape index (κ3) is 4.60. The van der Waals surface area contributed by atoms with Crippen molar-refractivity contribution in [2.45, 2.75) is 12.7 Å². The Hall–Kier alpha value is -3.42. The Bertz CT molecular complexity index is 1010. The molecular weight excluding hydrogens is 359 g/mol. The minimum absolute atomic E-state index is 0.000197. The number of halogens is 3. The van der Waals surface area contributed by atoms with Gasteiger partial charge in [0, 0.05) is 17.4 Å². The molecule has 0 atom stereocenters. The molecular formula is C19H14F3N3O2. The summed E-state index contributed by atoms with van der Waals surface area (Å²) in [5.41, 5.74) is -0.0894. The molecule has 1 N–H and O–H groups in total. The van der Waals surface area contributed by atoms with Crippen molar-refractivity contribution in [2.24, 2.45) is 0 Å². The molecule has 0 aliphatic carbocycles. The zero-order valence-electron chi connectivity index (χ0n) is 13.9. The molecule has 0 aliphatic rings. The lowest BCUT2D eigenvalue weighted by Gasteiger charge is -2.11. The number of alkyl halides is 3. The van der Waals surface area contributed by atoms with Gasteiger partial charge in [-0.2, -0.15) is 13.2 Å². The number of hydrogen-bond acceptors (Lipinski definition) is 3. The maximum atomic E-state index is 12.7. The third-order valence-electron chi connectivity index (χ3n) is 3.73. The predicted octanol–water partition coefficient (Wildman–Crippen LogP) is 3.57. The summed E-state index contributed by atoms with van der Waals surface area (Å²) in [5.74, 6) is -0.623. The number of nitrogens with zero attached hydrogens (tertiary/aromatic N) is 2. The summed E-state index contributed by atoms with van der Waals surface area (Å²) in [6, 6.07) is 13.4. The normalized spacial score (nSPS) is 11.2. The van der Waals surface area contributed by atoms with Crippen molar-refractivity contribution in [1.29, 1.82) is 0 Å². The molecule has 0 saturated carbocycles. The van der Waals surface area contributed by atoms with Crippen molar-refractivity contribution in [3.63, 3.8) is 0 Å². The van der Waals surface area contributed by atoms with Crippen molar-refractivity contribution in [1.82, 2.24) is 9.55 Å². The topological polar surface area (TPSA) is 64.0 Å². The van der Waals surface area contributed by atoms with Gasteiger partial charge in [0.25, 0.3) is 5.56 Å². The molecule has 5 nitrogen and oxygen atoms in total. The Kier molecular flexibility index (Phi) is 5.07. The van der Waals surface area contributed by atoms with E-state index in [4.69, 9.17) is 0 Å². The van der Waals surface area contributed by atoms with Crippen LogP contribution in [-0.4, -0.2) is 15.5 Å². The van der Waals surface area contributed by atoms with Gasteiger partial charge in [-0.3, -0.25) is 9.59 Å². The number of aromatic nitrogens is 2. The lowest BCUT2D eigenvalue weighted by Crippen LogP contribution is -2.27. The second-order valence-corrected chi connectivity index (χ2v) is 5.73. The van der Waals surface area contributed by atoms with Crippen LogP contribution in [0.4, 0.5) is 18.9 Å². The number of carbonyl (C=O) groups excluding carboxylic acids is 1. The minimum atomic E-state index is -4.51. The van der Waals surface area contributed by atoms with Gasteiger partial charge < -0.3 is 9.88 Å². The number of rotatable bonds is 4. The number of nitrogens with one attached hydrogen (secondary N) is 1. The van der Waals surface area contributed by atoms with E-state index >= 15 is 0 Å². The van der Waals surface area contributed by atoms with Crippen molar-refractivity contribution in [3.8, 4) is 11.3 Å². The fourth-order valence-electron chi connectivity index (χ4n) is 2.45. The van der Waals surface area contributed by atoms with E-state index in [1.165, 1.54) is 18.3 Å². The van der Waals surface area contributed by atoms with Gasteiger partial charge in [-0.15, -0.1) is 0 Å². The smallest absolute Gasteiger partial charge is 0.325 e. The summed E-state index contributed by atoms with van der Waals surface area (Å²) in [5, 5.41) is 2.37. The number of amides is 1. The predicted molar refractivity (Wildman–Crippen MR) is 94.0 cm³/mol. The van der Waals surface area contributed by atoms with Gasteiger partial charge in [0.2, 0.25) is 5.91 Å². The van der Waals surface area contributed by atoms with Crippen molar-refractivity contribution >= 4 is 11.6 Å². The van der Waals surface area contributed by atoms with E-state index in [1.54, 1.807) is 12.1 Å². The molecule has 0 saturated heterocycles. The zero-order valence-corrected chi connectivity index (χ0v) is 13.9. The molecule has 8 heteroatoms. The molecule has 2 aromatic carbocycles. The highest BCUT2D eigenvalue weighted by Crippen LogP contribution is 2.30. The fraction of sp³-hybridized carbons (Fsp3) is 0.105. The average molecular weight is 373 g/mol. The van der Waals surface area contributed by atoms with Crippen molar-refractivity contribution < 1.29 is 18.0 Å². The summed E-state index contributed by atoms with van der Waals surface area (Å²) in [6.07, 6.45) is -1.98. The number of carbonyl (C=O) groups is 1. The van der Waals surface area contributed by atoms with E-state index < -0.39 is 23.2 Å². The molecule has 0 radical (unpaired) electrons. The van der Waals surface area contributed by atoms with Crippen molar-refractivity contribution in [2.75, 3.05) is 5.32 Å². The molecule has 0 aliphatic heterocycles. The van der Waals surface area contributed by atoms with Crippen LogP contribution in [0.25, 0.3) is 11.3 Å². The highest BCUT2D eigenvalue weighted by Gasteiger charge is 2.30. The SMILES string of the molecule is O=C(Cn1cc(-c2ccccc2)ncc1=O)Nc1cccc(C(F)(F)F)c1. The molecule has 0 fully saturated rings. The first-order valence-electron chi connectivity index (χ1n) is 7.92. The largest absolute Gasteiger partial charge is 0.416 e. The van der Waals surface area contributed by atoms with Crippen molar-refractivity contribution in [3.05, 3.63) is 82.9 Å². The third-order valence-corrected chi connectivity index (χ3v) is 3.73. The number of anilines is 1. The van der Waals surface area contributed by atoms with Crippen LogP contribution in [-0.2, 0) is 17.5 Å². The van der Waals surface area contributed by atoms with Gasteiger partial charge in [-0.1, -0.05) is 36.4 Å². The quantitative estimate of drug-likeness (QED) is 0.761. The molecule has 3 aromatic rings. The van der Waals surface area contributed by atoms with Gasteiger partial charge in [0.05, 0.1) is 17.5 Å². The molecule has 3 rings (SSSR count). The standard InChI is InChI=1S/C19H14F3N3O2/c20-19(21,22)14-7-4-8-15(9-14)24-17(26)12-25-11-16(23-10-18(25)27)13-5-2-1-3-6-13/h1-11H,12H2,(H,24,26). The number of hydrogen-bond donors (Lipinski definition) is 1. The molecule has 1 amide bonds. The summed E-state index contributed by atoms with van der Waals surface area (Å²) >= 11 is 0. The second-order valence-electron chi connectivity index (χ2n) is 5.73. The lowest BCUT2D eigenvalue weighted by atomic mass is 10.2. The van der Waals surface area contributed by atoms with Gasteiger partial charge in [-0.25, -0.2) is 4.98 Å². The lowest BCUT2D eigenvalue weighted by molar-refractivity contribution is -0.137. The highest BCUT2D eigenvalue weighted by atomic mass is 19.4. The maximum absolute atomic E-state index is 12.7. The Morgan fingerprint density at radius 1 is 1.07 bits per heavy atom. The van der Waals surface area contributed by atoms with E-state index in [9.17, 15) is 22.8 Å². The Labute approximate surface area is 152 Å². The molecule has 0 spiro atoms. The second kappa shape index (κ2) is 7.45. The highest BCUT2D eigenvalue weighted by molar-refractivity contribution is 5.90. The molecule has 1 heterocycles. The first kappa shape index (κ1) is 18.4. The van der Waals surface area contributed by atoms with Crippen LogP contribution >= 0.6 is 0 Å².